The van der Waals surface area contributed by atoms with E-state index in [2.05, 4.69) is 0 Å². The van der Waals surface area contributed by atoms with Crippen LogP contribution < -0.4 is 10.5 Å². The highest BCUT2D eigenvalue weighted by Gasteiger charge is 2.01. The van der Waals surface area contributed by atoms with Gasteiger partial charge in [-0.05, 0) is 25.1 Å². The van der Waals surface area contributed by atoms with E-state index in [1.807, 2.05) is 31.2 Å². The molecule has 0 heterocycles. The Labute approximate surface area is 99.4 Å². The van der Waals surface area contributed by atoms with E-state index in [-0.39, 0.29) is 0 Å². The SMILES string of the molecule is CCOc1ccc(N)c(SCC=CCl)c1. The van der Waals surface area contributed by atoms with Gasteiger partial charge in [0.2, 0.25) is 0 Å². The molecule has 0 aromatic heterocycles. The van der Waals surface area contributed by atoms with Gasteiger partial charge in [-0.1, -0.05) is 17.7 Å². The maximum atomic E-state index is 5.83. The van der Waals surface area contributed by atoms with Crippen molar-refractivity contribution in [2.24, 2.45) is 0 Å². The third-order valence-electron chi connectivity index (χ3n) is 1.72. The molecule has 2 N–H and O–H groups in total. The summed E-state index contributed by atoms with van der Waals surface area (Å²) in [6.45, 7) is 2.62. The van der Waals surface area contributed by atoms with Crippen LogP contribution in [0.2, 0.25) is 0 Å². The van der Waals surface area contributed by atoms with Crippen LogP contribution in [0.5, 0.6) is 5.75 Å². The van der Waals surface area contributed by atoms with Crippen LogP contribution in [0.15, 0.2) is 34.7 Å². The van der Waals surface area contributed by atoms with Crippen LogP contribution >= 0.6 is 23.4 Å². The summed E-state index contributed by atoms with van der Waals surface area (Å²) in [5.74, 6) is 1.66. The van der Waals surface area contributed by atoms with Crippen molar-refractivity contribution in [1.29, 1.82) is 0 Å². The monoisotopic (exact) mass is 243 g/mol. The lowest BCUT2D eigenvalue weighted by Gasteiger charge is -2.07. The summed E-state index contributed by atoms with van der Waals surface area (Å²) < 4.78 is 5.39. The van der Waals surface area contributed by atoms with Gasteiger partial charge in [0.05, 0.1) is 6.61 Å². The minimum atomic E-state index is 0.662. The molecule has 82 valence electrons. The van der Waals surface area contributed by atoms with Crippen molar-refractivity contribution in [2.75, 3.05) is 18.1 Å². The van der Waals surface area contributed by atoms with Gasteiger partial charge in [-0.2, -0.15) is 0 Å². The van der Waals surface area contributed by atoms with Crippen molar-refractivity contribution >= 4 is 29.1 Å². The smallest absolute Gasteiger partial charge is 0.120 e. The quantitative estimate of drug-likeness (QED) is 0.635. The van der Waals surface area contributed by atoms with E-state index in [9.17, 15) is 0 Å². The number of nitrogens with two attached hydrogens (primary N) is 1. The summed E-state index contributed by atoms with van der Waals surface area (Å²) in [6, 6.07) is 5.68. The molecule has 0 spiro atoms. The zero-order chi connectivity index (χ0) is 11.1. The molecule has 15 heavy (non-hydrogen) atoms. The van der Waals surface area contributed by atoms with Crippen molar-refractivity contribution < 1.29 is 4.74 Å². The highest BCUT2D eigenvalue weighted by Crippen LogP contribution is 2.29. The normalized spacial score (nSPS) is 10.8. The maximum Gasteiger partial charge on any atom is 0.120 e. The van der Waals surface area contributed by atoms with E-state index in [4.69, 9.17) is 22.1 Å². The lowest BCUT2D eigenvalue weighted by atomic mass is 10.3. The highest BCUT2D eigenvalue weighted by atomic mass is 35.5. The number of benzene rings is 1. The number of anilines is 1. The largest absolute Gasteiger partial charge is 0.494 e. The standard InChI is InChI=1S/C11H14ClNOS/c1-2-14-9-4-5-10(13)11(8-9)15-7-3-6-12/h3-6,8H,2,7,13H2,1H3. The highest BCUT2D eigenvalue weighted by molar-refractivity contribution is 7.99. The number of rotatable bonds is 5. The molecule has 0 radical (unpaired) electrons. The molecule has 0 aliphatic rings. The first-order valence-electron chi connectivity index (χ1n) is 4.68. The van der Waals surface area contributed by atoms with Gasteiger partial charge in [0, 0.05) is 21.9 Å². The fraction of sp³-hybridized carbons (Fsp3) is 0.273. The van der Waals surface area contributed by atoms with Crippen LogP contribution in [0.25, 0.3) is 0 Å². The molecule has 1 aromatic rings. The van der Waals surface area contributed by atoms with Crippen molar-refractivity contribution in [2.45, 2.75) is 11.8 Å². The van der Waals surface area contributed by atoms with Crippen LogP contribution in [0, 0.1) is 0 Å². The van der Waals surface area contributed by atoms with Gasteiger partial charge in [-0.25, -0.2) is 0 Å². The van der Waals surface area contributed by atoms with Gasteiger partial charge in [0.25, 0.3) is 0 Å². The molecular formula is C11H14ClNOS. The van der Waals surface area contributed by atoms with Gasteiger partial charge in [0.15, 0.2) is 0 Å². The van der Waals surface area contributed by atoms with Crippen molar-refractivity contribution in [3.63, 3.8) is 0 Å². The lowest BCUT2D eigenvalue weighted by Crippen LogP contribution is -1.94. The fourth-order valence-electron chi connectivity index (χ4n) is 1.07. The Balaban J connectivity index is 2.71. The van der Waals surface area contributed by atoms with Crippen LogP contribution in [0.4, 0.5) is 5.69 Å². The molecule has 0 saturated heterocycles. The molecule has 0 aliphatic carbocycles. The van der Waals surface area contributed by atoms with Gasteiger partial charge in [0.1, 0.15) is 5.75 Å². The first-order chi connectivity index (χ1) is 7.27. The number of thioether (sulfide) groups is 1. The summed E-state index contributed by atoms with van der Waals surface area (Å²) in [4.78, 5) is 1.02. The van der Waals surface area contributed by atoms with E-state index in [0.29, 0.717) is 6.61 Å². The second kappa shape index (κ2) is 6.64. The molecule has 0 atom stereocenters. The molecule has 1 aromatic carbocycles. The average Bonchev–Trinajstić information content (AvgIpc) is 2.23. The number of ether oxygens (including phenoxy) is 1. The van der Waals surface area contributed by atoms with Crippen LogP contribution in [0.3, 0.4) is 0 Å². The topological polar surface area (TPSA) is 35.2 Å². The second-order valence-corrected chi connectivity index (χ2v) is 4.12. The second-order valence-electron chi connectivity index (χ2n) is 2.81. The van der Waals surface area contributed by atoms with Crippen molar-refractivity contribution in [1.82, 2.24) is 0 Å². The van der Waals surface area contributed by atoms with Crippen molar-refractivity contribution in [3.05, 3.63) is 29.8 Å². The molecule has 1 rings (SSSR count). The van der Waals surface area contributed by atoms with Crippen LogP contribution in [0.1, 0.15) is 6.92 Å². The minimum Gasteiger partial charge on any atom is -0.494 e. The number of hydrogen-bond acceptors (Lipinski definition) is 3. The molecule has 0 unspecified atom stereocenters. The summed E-state index contributed by atoms with van der Waals surface area (Å²) in [5.41, 5.74) is 8.11. The van der Waals surface area contributed by atoms with Gasteiger partial charge in [-0.15, -0.1) is 11.8 Å². The Bertz CT molecular complexity index is 341. The van der Waals surface area contributed by atoms with E-state index < -0.39 is 0 Å². The molecule has 0 amide bonds. The van der Waals surface area contributed by atoms with Gasteiger partial charge >= 0.3 is 0 Å². The third kappa shape index (κ3) is 4.06. The molecular weight excluding hydrogens is 230 g/mol. The molecule has 0 bridgehead atoms. The van der Waals surface area contributed by atoms with Gasteiger partial charge in [-0.3, -0.25) is 0 Å². The van der Waals surface area contributed by atoms with Crippen LogP contribution in [-0.2, 0) is 0 Å². The van der Waals surface area contributed by atoms with Gasteiger partial charge < -0.3 is 10.5 Å². The minimum absolute atomic E-state index is 0.662. The molecule has 2 nitrogen and oxygen atoms in total. The lowest BCUT2D eigenvalue weighted by molar-refractivity contribution is 0.339. The predicted octanol–water partition coefficient (Wildman–Crippen LogP) is 3.51. The zero-order valence-electron chi connectivity index (χ0n) is 8.57. The predicted molar refractivity (Wildman–Crippen MR) is 67.7 cm³/mol. The van der Waals surface area contributed by atoms with E-state index in [1.165, 1.54) is 5.54 Å². The number of nitrogen functional groups attached to an aromatic ring is 1. The Morgan fingerprint density at radius 3 is 3.00 bits per heavy atom. The Morgan fingerprint density at radius 1 is 1.53 bits per heavy atom. The summed E-state index contributed by atoms with van der Waals surface area (Å²) in [5, 5.41) is 0. The summed E-state index contributed by atoms with van der Waals surface area (Å²) in [6.07, 6.45) is 1.87. The van der Waals surface area contributed by atoms with Crippen LogP contribution in [-0.4, -0.2) is 12.4 Å². The Morgan fingerprint density at radius 2 is 2.33 bits per heavy atom. The molecule has 0 saturated carbocycles. The Kier molecular flexibility index (Phi) is 5.43. The first kappa shape index (κ1) is 12.3. The Hall–Kier alpha value is -0.800. The summed E-state index contributed by atoms with van der Waals surface area (Å²) >= 11 is 7.07. The number of halogens is 1. The number of hydrogen-bond donors (Lipinski definition) is 1. The first-order valence-corrected chi connectivity index (χ1v) is 6.10. The third-order valence-corrected chi connectivity index (χ3v) is 2.92. The van der Waals surface area contributed by atoms with E-state index in [1.54, 1.807) is 11.8 Å². The van der Waals surface area contributed by atoms with Crippen molar-refractivity contribution in [3.8, 4) is 5.75 Å². The van der Waals surface area contributed by atoms with E-state index >= 15 is 0 Å². The van der Waals surface area contributed by atoms with E-state index in [0.717, 1.165) is 22.1 Å². The molecule has 0 aliphatic heterocycles. The molecule has 4 heteroatoms. The maximum absolute atomic E-state index is 5.83. The summed E-state index contributed by atoms with van der Waals surface area (Å²) in [7, 11) is 0. The zero-order valence-corrected chi connectivity index (χ0v) is 10.1. The molecule has 0 fully saturated rings. The fourth-order valence-corrected chi connectivity index (χ4v) is 2.07. The average molecular weight is 244 g/mol.